The number of aromatic amines is 1. The minimum Gasteiger partial charge on any atom is -0.363 e. The van der Waals surface area contributed by atoms with Gasteiger partial charge in [-0.3, -0.25) is 0 Å². The molecule has 108 valence electrons. The largest absolute Gasteiger partial charge is 0.363 e. The van der Waals surface area contributed by atoms with Crippen LogP contribution in [0.5, 0.6) is 0 Å². The van der Waals surface area contributed by atoms with E-state index in [0.29, 0.717) is 0 Å². The topological polar surface area (TPSA) is 56.8 Å². The molecular weight excluding hydrogens is 250 g/mol. The predicted molar refractivity (Wildman–Crippen MR) is 82.3 cm³/mol. The Kier molecular flexibility index (Phi) is 3.38. The van der Waals surface area contributed by atoms with E-state index >= 15 is 0 Å². The van der Waals surface area contributed by atoms with Gasteiger partial charge in [-0.15, -0.1) is 0 Å². The normalized spacial score (nSPS) is 23.1. The number of hydrogen-bond acceptors (Lipinski definition) is 4. The van der Waals surface area contributed by atoms with Crippen LogP contribution >= 0.6 is 0 Å². The molecule has 0 radical (unpaired) electrons. The third-order valence-electron chi connectivity index (χ3n) is 4.44. The Morgan fingerprint density at radius 1 is 1.30 bits per heavy atom. The lowest BCUT2D eigenvalue weighted by molar-refractivity contribution is 0.290. The van der Waals surface area contributed by atoms with Gasteiger partial charge >= 0.3 is 0 Å². The summed E-state index contributed by atoms with van der Waals surface area (Å²) in [5.41, 5.74) is 1.99. The molecule has 1 unspecified atom stereocenters. The van der Waals surface area contributed by atoms with E-state index in [4.69, 9.17) is 4.98 Å². The monoisotopic (exact) mass is 273 g/mol. The smallest absolute Gasteiger partial charge is 0.179 e. The maximum absolute atomic E-state index is 4.79. The van der Waals surface area contributed by atoms with Crippen LogP contribution in [-0.2, 0) is 5.41 Å². The summed E-state index contributed by atoms with van der Waals surface area (Å²) in [7, 11) is 4.00. The zero-order valence-electron chi connectivity index (χ0n) is 12.5. The Morgan fingerprint density at radius 3 is 2.80 bits per heavy atom. The first kappa shape index (κ1) is 13.4. The van der Waals surface area contributed by atoms with Gasteiger partial charge in [0.2, 0.25) is 0 Å². The van der Waals surface area contributed by atoms with Gasteiger partial charge in [-0.2, -0.15) is 0 Å². The second-order valence-corrected chi connectivity index (χ2v) is 5.93. The summed E-state index contributed by atoms with van der Waals surface area (Å²) in [4.78, 5) is 14.9. The number of fused-ring (bicyclic) bond motifs is 1. The fourth-order valence-corrected chi connectivity index (χ4v) is 3.02. The van der Waals surface area contributed by atoms with Gasteiger partial charge in [-0.1, -0.05) is 6.92 Å². The second kappa shape index (κ2) is 5.05. The first-order valence-corrected chi connectivity index (χ1v) is 7.40. The van der Waals surface area contributed by atoms with Crippen molar-refractivity contribution in [1.82, 2.24) is 20.3 Å². The molecule has 2 aromatic rings. The highest BCUT2D eigenvalue weighted by molar-refractivity contribution is 5.73. The molecule has 1 aliphatic heterocycles. The molecule has 2 aromatic heterocycles. The summed E-state index contributed by atoms with van der Waals surface area (Å²) in [6.07, 6.45) is 3.50. The lowest BCUT2D eigenvalue weighted by Crippen LogP contribution is -2.43. The number of H-pyrrole nitrogens is 1. The van der Waals surface area contributed by atoms with Crippen molar-refractivity contribution in [3.63, 3.8) is 0 Å². The van der Waals surface area contributed by atoms with E-state index in [1.165, 1.54) is 12.8 Å². The van der Waals surface area contributed by atoms with Crippen molar-refractivity contribution in [3.05, 3.63) is 18.0 Å². The number of rotatable bonds is 3. The van der Waals surface area contributed by atoms with Gasteiger partial charge in [0, 0.05) is 26.1 Å². The van der Waals surface area contributed by atoms with E-state index in [-0.39, 0.29) is 5.41 Å². The van der Waals surface area contributed by atoms with Crippen molar-refractivity contribution in [2.45, 2.75) is 31.6 Å². The van der Waals surface area contributed by atoms with Gasteiger partial charge < -0.3 is 15.2 Å². The molecule has 0 spiro atoms. The number of imidazole rings is 1. The third-order valence-corrected chi connectivity index (χ3v) is 4.44. The molecule has 1 aliphatic rings. The van der Waals surface area contributed by atoms with Gasteiger partial charge in [0.15, 0.2) is 5.65 Å². The summed E-state index contributed by atoms with van der Waals surface area (Å²) >= 11 is 0. The standard InChI is InChI=1S/C15H23N5/c1-4-15(8-5-9-16-10-15)14-17-11-6-7-12(20(2)3)18-13(11)19-14/h6-7,16H,4-5,8-10H2,1-3H3,(H,17,18,19). The first-order chi connectivity index (χ1) is 9.64. The Balaban J connectivity index is 2.03. The zero-order chi connectivity index (χ0) is 14.2. The van der Waals surface area contributed by atoms with Crippen LogP contribution in [0.25, 0.3) is 11.2 Å². The molecule has 3 heterocycles. The molecule has 20 heavy (non-hydrogen) atoms. The van der Waals surface area contributed by atoms with Crippen molar-refractivity contribution in [1.29, 1.82) is 0 Å². The number of nitrogens with one attached hydrogen (secondary N) is 2. The molecule has 1 saturated heterocycles. The van der Waals surface area contributed by atoms with Crippen LogP contribution in [-0.4, -0.2) is 42.1 Å². The van der Waals surface area contributed by atoms with Gasteiger partial charge in [0.05, 0.1) is 5.52 Å². The van der Waals surface area contributed by atoms with Crippen LogP contribution < -0.4 is 10.2 Å². The summed E-state index contributed by atoms with van der Waals surface area (Å²) < 4.78 is 0. The van der Waals surface area contributed by atoms with E-state index in [9.17, 15) is 0 Å². The zero-order valence-corrected chi connectivity index (χ0v) is 12.5. The fourth-order valence-electron chi connectivity index (χ4n) is 3.02. The molecule has 1 fully saturated rings. The summed E-state index contributed by atoms with van der Waals surface area (Å²) in [5.74, 6) is 2.04. The van der Waals surface area contributed by atoms with Crippen LogP contribution in [0.4, 0.5) is 5.82 Å². The number of pyridine rings is 1. The number of nitrogens with zero attached hydrogens (tertiary/aromatic N) is 3. The van der Waals surface area contributed by atoms with E-state index in [2.05, 4.69) is 28.3 Å². The van der Waals surface area contributed by atoms with Crippen molar-refractivity contribution in [2.24, 2.45) is 0 Å². The molecule has 2 N–H and O–H groups in total. The third kappa shape index (κ3) is 2.16. The number of piperidine rings is 1. The van der Waals surface area contributed by atoms with E-state index in [1.807, 2.05) is 25.1 Å². The Bertz CT molecular complexity index is 595. The minimum absolute atomic E-state index is 0.136. The van der Waals surface area contributed by atoms with Gasteiger partial charge in [-0.25, -0.2) is 9.97 Å². The fraction of sp³-hybridized carbons (Fsp3) is 0.600. The molecule has 0 aliphatic carbocycles. The van der Waals surface area contributed by atoms with E-state index in [1.54, 1.807) is 0 Å². The van der Waals surface area contributed by atoms with Gasteiger partial charge in [0.1, 0.15) is 11.6 Å². The Labute approximate surface area is 119 Å². The molecule has 0 aromatic carbocycles. The number of anilines is 1. The summed E-state index contributed by atoms with van der Waals surface area (Å²) in [5, 5.41) is 3.51. The summed E-state index contributed by atoms with van der Waals surface area (Å²) in [6, 6.07) is 4.11. The Hall–Kier alpha value is -1.62. The maximum Gasteiger partial charge on any atom is 0.179 e. The second-order valence-electron chi connectivity index (χ2n) is 5.93. The van der Waals surface area contributed by atoms with Crippen LogP contribution in [0.3, 0.4) is 0 Å². The quantitative estimate of drug-likeness (QED) is 0.898. The average Bonchev–Trinajstić information content (AvgIpc) is 2.91. The van der Waals surface area contributed by atoms with E-state index < -0.39 is 0 Å². The van der Waals surface area contributed by atoms with Crippen LogP contribution in [0.1, 0.15) is 32.0 Å². The molecular formula is C15H23N5. The molecule has 0 bridgehead atoms. The van der Waals surface area contributed by atoms with Gasteiger partial charge in [-0.05, 0) is 37.9 Å². The molecule has 5 nitrogen and oxygen atoms in total. The van der Waals surface area contributed by atoms with Crippen molar-refractivity contribution < 1.29 is 0 Å². The molecule has 0 amide bonds. The van der Waals surface area contributed by atoms with Crippen LogP contribution in [0, 0.1) is 0 Å². The highest BCUT2D eigenvalue weighted by Crippen LogP contribution is 2.33. The number of aromatic nitrogens is 3. The lowest BCUT2D eigenvalue weighted by Gasteiger charge is -2.35. The Morgan fingerprint density at radius 2 is 2.15 bits per heavy atom. The molecule has 0 saturated carbocycles. The van der Waals surface area contributed by atoms with Crippen molar-refractivity contribution in [2.75, 3.05) is 32.1 Å². The highest BCUT2D eigenvalue weighted by atomic mass is 15.2. The molecule has 3 rings (SSSR count). The van der Waals surface area contributed by atoms with E-state index in [0.717, 1.165) is 42.3 Å². The SMILES string of the molecule is CCC1(c2nc3nc(N(C)C)ccc3[nH]2)CCCNC1. The van der Waals surface area contributed by atoms with Crippen LogP contribution in [0.2, 0.25) is 0 Å². The highest BCUT2D eigenvalue weighted by Gasteiger charge is 2.35. The predicted octanol–water partition coefficient (Wildman–Crippen LogP) is 2.06. The molecule has 5 heteroatoms. The average molecular weight is 273 g/mol. The van der Waals surface area contributed by atoms with Crippen molar-refractivity contribution in [3.8, 4) is 0 Å². The minimum atomic E-state index is 0.136. The van der Waals surface area contributed by atoms with Gasteiger partial charge in [0.25, 0.3) is 0 Å². The molecule has 1 atom stereocenters. The lowest BCUT2D eigenvalue weighted by atomic mass is 9.77. The van der Waals surface area contributed by atoms with Crippen LogP contribution in [0.15, 0.2) is 12.1 Å². The summed E-state index contributed by atoms with van der Waals surface area (Å²) in [6.45, 7) is 4.37. The first-order valence-electron chi connectivity index (χ1n) is 7.40. The van der Waals surface area contributed by atoms with Crippen molar-refractivity contribution >= 4 is 17.0 Å². The number of hydrogen-bond donors (Lipinski definition) is 2. The maximum atomic E-state index is 4.79.